The molecular weight excluding hydrogens is 472 g/mol. The Morgan fingerprint density at radius 2 is 1.79 bits per heavy atom. The number of hydrogen-bond acceptors (Lipinski definition) is 5. The minimum absolute atomic E-state index is 0.168. The average molecular weight is 486 g/mol. The molecule has 0 unspecified atom stereocenters. The highest BCUT2D eigenvalue weighted by atomic mass is 32.2. The van der Waals surface area contributed by atoms with Crippen molar-refractivity contribution in [2.24, 2.45) is 0 Å². The molecule has 7 nitrogen and oxygen atoms in total. The Morgan fingerprint density at radius 3 is 2.56 bits per heavy atom. The van der Waals surface area contributed by atoms with Gasteiger partial charge in [-0.1, -0.05) is 23.9 Å². The van der Waals surface area contributed by atoms with Crippen LogP contribution >= 0.6 is 11.8 Å². The SMILES string of the molecule is O=C(CSc1nnc2c3cc(-c4ccc(F)cc4)nn3ccn12)Nc1ccccc1C(F)(F)F. The quantitative estimate of drug-likeness (QED) is 0.282. The third kappa shape index (κ3) is 4.19. The Labute approximate surface area is 193 Å². The normalized spacial score (nSPS) is 11.9. The Balaban J connectivity index is 1.35. The second kappa shape index (κ2) is 8.45. The number of carbonyl (C=O) groups is 1. The minimum atomic E-state index is -4.58. The fraction of sp³-hybridized carbons (Fsp3) is 0.0909. The Bertz CT molecular complexity index is 1510. The van der Waals surface area contributed by atoms with Gasteiger partial charge in [0.25, 0.3) is 0 Å². The maximum atomic E-state index is 13.2. The Hall–Kier alpha value is -3.93. The summed E-state index contributed by atoms with van der Waals surface area (Å²) < 4.78 is 55.9. The van der Waals surface area contributed by atoms with E-state index in [1.54, 1.807) is 39.5 Å². The largest absolute Gasteiger partial charge is 0.418 e. The van der Waals surface area contributed by atoms with Crippen LogP contribution in [-0.2, 0) is 11.0 Å². The monoisotopic (exact) mass is 486 g/mol. The lowest BCUT2D eigenvalue weighted by atomic mass is 10.1. The molecule has 34 heavy (non-hydrogen) atoms. The topological polar surface area (TPSA) is 76.6 Å². The van der Waals surface area contributed by atoms with Gasteiger partial charge < -0.3 is 5.32 Å². The van der Waals surface area contributed by atoms with E-state index < -0.39 is 17.6 Å². The lowest BCUT2D eigenvalue weighted by Crippen LogP contribution is -2.18. The van der Waals surface area contributed by atoms with Gasteiger partial charge in [-0.15, -0.1) is 10.2 Å². The standard InChI is InChI=1S/C22H14F4N6OS/c23-14-7-5-13(6-8-14)17-11-18-20-28-29-21(31(20)9-10-32(18)30-17)34-12-19(33)27-16-4-2-1-3-15(16)22(24,25)26/h1-11H,12H2,(H,27,33). The van der Waals surface area contributed by atoms with E-state index in [1.165, 1.54) is 30.3 Å². The van der Waals surface area contributed by atoms with Crippen LogP contribution in [0.1, 0.15) is 5.56 Å². The summed E-state index contributed by atoms with van der Waals surface area (Å²) >= 11 is 1.04. The van der Waals surface area contributed by atoms with Gasteiger partial charge in [0, 0.05) is 18.0 Å². The maximum Gasteiger partial charge on any atom is 0.418 e. The predicted octanol–water partition coefficient (Wildman–Crippen LogP) is 4.93. The smallest absolute Gasteiger partial charge is 0.325 e. The summed E-state index contributed by atoms with van der Waals surface area (Å²) in [6.07, 6.45) is -1.23. The number of amides is 1. The van der Waals surface area contributed by atoms with Crippen LogP contribution in [0.15, 0.2) is 72.1 Å². The van der Waals surface area contributed by atoms with Crippen LogP contribution < -0.4 is 5.32 Å². The number of alkyl halides is 3. The fourth-order valence-corrected chi connectivity index (χ4v) is 4.12. The van der Waals surface area contributed by atoms with Crippen LogP contribution in [0.5, 0.6) is 0 Å². The van der Waals surface area contributed by atoms with Gasteiger partial charge in [0.15, 0.2) is 10.8 Å². The first-order valence-corrected chi connectivity index (χ1v) is 10.9. The van der Waals surface area contributed by atoms with Crippen molar-refractivity contribution in [3.63, 3.8) is 0 Å². The van der Waals surface area contributed by atoms with Gasteiger partial charge in [-0.3, -0.25) is 9.20 Å². The van der Waals surface area contributed by atoms with Crippen molar-refractivity contribution in [1.29, 1.82) is 0 Å². The van der Waals surface area contributed by atoms with Crippen molar-refractivity contribution in [3.8, 4) is 11.3 Å². The van der Waals surface area contributed by atoms with E-state index in [4.69, 9.17) is 0 Å². The number of para-hydroxylation sites is 1. The molecular formula is C22H14F4N6OS. The number of carbonyl (C=O) groups excluding carboxylic acids is 1. The number of rotatable bonds is 5. The number of nitrogens with zero attached hydrogens (tertiary/aromatic N) is 5. The van der Waals surface area contributed by atoms with Crippen molar-refractivity contribution in [3.05, 3.63) is 78.4 Å². The van der Waals surface area contributed by atoms with Crippen molar-refractivity contribution >= 4 is 34.5 Å². The zero-order valence-corrected chi connectivity index (χ0v) is 17.9. The van der Waals surface area contributed by atoms with Gasteiger partial charge in [0.05, 0.1) is 22.7 Å². The van der Waals surface area contributed by atoms with E-state index in [9.17, 15) is 22.4 Å². The van der Waals surface area contributed by atoms with Crippen LogP contribution in [0, 0.1) is 5.82 Å². The molecule has 12 heteroatoms. The molecule has 3 heterocycles. The molecule has 5 rings (SSSR count). The molecule has 1 N–H and O–H groups in total. The van der Waals surface area contributed by atoms with Crippen molar-refractivity contribution in [1.82, 2.24) is 24.2 Å². The molecule has 3 aromatic heterocycles. The highest BCUT2D eigenvalue weighted by Gasteiger charge is 2.33. The molecule has 0 saturated carbocycles. The van der Waals surface area contributed by atoms with Crippen LogP contribution in [-0.4, -0.2) is 35.9 Å². The van der Waals surface area contributed by atoms with Gasteiger partial charge in [0.2, 0.25) is 5.91 Å². The van der Waals surface area contributed by atoms with Crippen LogP contribution in [0.3, 0.4) is 0 Å². The lowest BCUT2D eigenvalue weighted by Gasteiger charge is -2.13. The predicted molar refractivity (Wildman–Crippen MR) is 118 cm³/mol. The molecule has 0 fully saturated rings. The lowest BCUT2D eigenvalue weighted by molar-refractivity contribution is -0.137. The highest BCUT2D eigenvalue weighted by molar-refractivity contribution is 7.99. The summed E-state index contributed by atoms with van der Waals surface area (Å²) in [5, 5.41) is 15.4. The number of benzene rings is 2. The molecule has 0 saturated heterocycles. The van der Waals surface area contributed by atoms with E-state index in [0.717, 1.165) is 23.4 Å². The van der Waals surface area contributed by atoms with Gasteiger partial charge in [-0.2, -0.15) is 18.3 Å². The van der Waals surface area contributed by atoms with E-state index in [2.05, 4.69) is 20.6 Å². The molecule has 0 aliphatic rings. The molecule has 5 aromatic rings. The molecule has 0 aliphatic carbocycles. The van der Waals surface area contributed by atoms with E-state index in [1.807, 2.05) is 0 Å². The summed E-state index contributed by atoms with van der Waals surface area (Å²) in [5.41, 5.74) is 1.25. The van der Waals surface area contributed by atoms with Crippen molar-refractivity contribution < 1.29 is 22.4 Å². The van der Waals surface area contributed by atoms with Crippen molar-refractivity contribution in [2.75, 3.05) is 11.1 Å². The zero-order valence-electron chi connectivity index (χ0n) is 17.1. The van der Waals surface area contributed by atoms with Crippen LogP contribution in [0.2, 0.25) is 0 Å². The Morgan fingerprint density at radius 1 is 1.03 bits per heavy atom. The Kier molecular flexibility index (Phi) is 5.44. The highest BCUT2D eigenvalue weighted by Crippen LogP contribution is 2.34. The van der Waals surface area contributed by atoms with Crippen LogP contribution in [0.4, 0.5) is 23.2 Å². The number of anilines is 1. The molecule has 0 atom stereocenters. The second-order valence-corrected chi connectivity index (χ2v) is 8.16. The van der Waals surface area contributed by atoms with Crippen molar-refractivity contribution in [2.45, 2.75) is 11.3 Å². The second-order valence-electron chi connectivity index (χ2n) is 7.22. The van der Waals surface area contributed by atoms with Gasteiger partial charge >= 0.3 is 6.18 Å². The molecule has 1 amide bonds. The minimum Gasteiger partial charge on any atom is -0.325 e. The molecule has 0 bridgehead atoms. The summed E-state index contributed by atoms with van der Waals surface area (Å²) in [6.45, 7) is 0. The first-order chi connectivity index (χ1) is 16.3. The first kappa shape index (κ1) is 21.9. The maximum absolute atomic E-state index is 13.2. The fourth-order valence-electron chi connectivity index (χ4n) is 3.41. The summed E-state index contributed by atoms with van der Waals surface area (Å²) in [6, 6.07) is 12.5. The summed E-state index contributed by atoms with van der Waals surface area (Å²) in [4.78, 5) is 12.3. The van der Waals surface area contributed by atoms with E-state index in [0.29, 0.717) is 22.0 Å². The third-order valence-corrected chi connectivity index (χ3v) is 5.91. The molecule has 0 aliphatic heterocycles. The van der Waals surface area contributed by atoms with E-state index in [-0.39, 0.29) is 17.3 Å². The number of halogens is 4. The number of fused-ring (bicyclic) bond motifs is 3. The number of hydrogen-bond donors (Lipinski definition) is 1. The third-order valence-electron chi connectivity index (χ3n) is 4.97. The number of thioether (sulfide) groups is 1. The van der Waals surface area contributed by atoms with Gasteiger partial charge in [-0.05, 0) is 42.5 Å². The number of aromatic nitrogens is 5. The van der Waals surface area contributed by atoms with Gasteiger partial charge in [-0.25, -0.2) is 8.91 Å². The average Bonchev–Trinajstić information content (AvgIpc) is 3.42. The van der Waals surface area contributed by atoms with Gasteiger partial charge in [0.1, 0.15) is 11.3 Å². The summed E-state index contributed by atoms with van der Waals surface area (Å²) in [5.74, 6) is -1.12. The molecule has 0 radical (unpaired) electrons. The molecule has 172 valence electrons. The zero-order chi connectivity index (χ0) is 23.9. The van der Waals surface area contributed by atoms with Crippen LogP contribution in [0.25, 0.3) is 22.4 Å². The molecule has 0 spiro atoms. The summed E-state index contributed by atoms with van der Waals surface area (Å²) in [7, 11) is 0. The van der Waals surface area contributed by atoms with E-state index >= 15 is 0 Å². The molecule has 2 aromatic carbocycles. The number of nitrogens with one attached hydrogen (secondary N) is 1. The first-order valence-electron chi connectivity index (χ1n) is 9.87.